The predicted molar refractivity (Wildman–Crippen MR) is 72.8 cm³/mol. The third-order valence-electron chi connectivity index (χ3n) is 2.57. The second kappa shape index (κ2) is 4.52. The smallest absolute Gasteiger partial charge is 0.164 e. The minimum Gasteiger partial charge on any atom is -0.263 e. The fourth-order valence-electron chi connectivity index (χ4n) is 1.81. The van der Waals surface area contributed by atoms with E-state index in [2.05, 4.69) is 15.0 Å². The van der Waals surface area contributed by atoms with Gasteiger partial charge in [-0.1, -0.05) is 47.5 Å². The molecular weight excluding hydrogens is 269 g/mol. The van der Waals surface area contributed by atoms with Crippen molar-refractivity contribution in [3.63, 3.8) is 0 Å². The molecule has 3 nitrogen and oxygen atoms in total. The maximum atomic E-state index is 5.90. The van der Waals surface area contributed by atoms with Gasteiger partial charge in [-0.15, -0.1) is 0 Å². The molecule has 0 saturated heterocycles. The van der Waals surface area contributed by atoms with Crippen molar-refractivity contribution >= 4 is 34.0 Å². The molecule has 0 amide bonds. The molecule has 18 heavy (non-hydrogen) atoms. The van der Waals surface area contributed by atoms with Crippen LogP contribution in [0.1, 0.15) is 0 Å². The standard InChI is InChI=1S/C13H7Cl2N3/c14-11-5-12(15)18-13(17-11)10-7-16-6-8-3-1-2-4-9(8)10/h1-7H. The highest BCUT2D eigenvalue weighted by Crippen LogP contribution is 2.26. The lowest BCUT2D eigenvalue weighted by atomic mass is 10.1. The second-order valence-corrected chi connectivity index (χ2v) is 4.52. The van der Waals surface area contributed by atoms with Gasteiger partial charge in [0.15, 0.2) is 5.82 Å². The first-order valence-electron chi connectivity index (χ1n) is 5.27. The van der Waals surface area contributed by atoms with E-state index < -0.39 is 0 Å². The Morgan fingerprint density at radius 3 is 2.39 bits per heavy atom. The Morgan fingerprint density at radius 2 is 1.61 bits per heavy atom. The van der Waals surface area contributed by atoms with Crippen LogP contribution in [0.15, 0.2) is 42.7 Å². The van der Waals surface area contributed by atoms with Crippen molar-refractivity contribution < 1.29 is 0 Å². The van der Waals surface area contributed by atoms with E-state index in [0.717, 1.165) is 16.3 Å². The van der Waals surface area contributed by atoms with Crippen LogP contribution in [0, 0.1) is 0 Å². The van der Waals surface area contributed by atoms with Crippen molar-refractivity contribution in [2.75, 3.05) is 0 Å². The van der Waals surface area contributed by atoms with E-state index in [1.807, 2.05) is 24.3 Å². The van der Waals surface area contributed by atoms with Gasteiger partial charge in [0.25, 0.3) is 0 Å². The minimum atomic E-state index is 0.318. The molecule has 0 saturated carbocycles. The molecule has 0 radical (unpaired) electrons. The number of hydrogen-bond donors (Lipinski definition) is 0. The Bertz CT molecular complexity index is 703. The topological polar surface area (TPSA) is 38.7 Å². The molecular formula is C13H7Cl2N3. The van der Waals surface area contributed by atoms with E-state index in [1.165, 1.54) is 6.07 Å². The number of nitrogens with zero attached hydrogens (tertiary/aromatic N) is 3. The van der Waals surface area contributed by atoms with Crippen LogP contribution in [-0.2, 0) is 0 Å². The molecule has 0 aliphatic heterocycles. The molecule has 5 heteroatoms. The van der Waals surface area contributed by atoms with Crippen LogP contribution in [0.2, 0.25) is 10.3 Å². The second-order valence-electron chi connectivity index (χ2n) is 3.75. The lowest BCUT2D eigenvalue weighted by Crippen LogP contribution is -1.92. The minimum absolute atomic E-state index is 0.318. The largest absolute Gasteiger partial charge is 0.263 e. The SMILES string of the molecule is Clc1cc(Cl)nc(-c2cncc3ccccc23)n1. The first-order chi connectivity index (χ1) is 8.74. The lowest BCUT2D eigenvalue weighted by molar-refractivity contribution is 1.17. The van der Waals surface area contributed by atoms with Crippen molar-refractivity contribution in [1.29, 1.82) is 0 Å². The molecule has 0 atom stereocenters. The Hall–Kier alpha value is -1.71. The molecule has 2 aromatic heterocycles. The van der Waals surface area contributed by atoms with Gasteiger partial charge in [-0.3, -0.25) is 4.98 Å². The zero-order chi connectivity index (χ0) is 12.5. The Kier molecular flexibility index (Phi) is 2.86. The van der Waals surface area contributed by atoms with Gasteiger partial charge in [-0.25, -0.2) is 9.97 Å². The van der Waals surface area contributed by atoms with Crippen molar-refractivity contribution in [2.24, 2.45) is 0 Å². The summed E-state index contributed by atoms with van der Waals surface area (Å²) in [4.78, 5) is 12.6. The zero-order valence-corrected chi connectivity index (χ0v) is 10.7. The summed E-state index contributed by atoms with van der Waals surface area (Å²) in [7, 11) is 0. The molecule has 0 fully saturated rings. The highest BCUT2D eigenvalue weighted by Gasteiger charge is 2.08. The summed E-state index contributed by atoms with van der Waals surface area (Å²) in [6.45, 7) is 0. The molecule has 2 heterocycles. The van der Waals surface area contributed by atoms with Crippen LogP contribution in [0.3, 0.4) is 0 Å². The van der Waals surface area contributed by atoms with Crippen molar-refractivity contribution in [1.82, 2.24) is 15.0 Å². The van der Waals surface area contributed by atoms with Gasteiger partial charge in [0.05, 0.1) is 0 Å². The number of hydrogen-bond acceptors (Lipinski definition) is 3. The average Bonchev–Trinajstić information content (AvgIpc) is 2.37. The Morgan fingerprint density at radius 1 is 0.889 bits per heavy atom. The van der Waals surface area contributed by atoms with Crippen LogP contribution < -0.4 is 0 Å². The highest BCUT2D eigenvalue weighted by atomic mass is 35.5. The zero-order valence-electron chi connectivity index (χ0n) is 9.14. The summed E-state index contributed by atoms with van der Waals surface area (Å²) in [5, 5.41) is 2.68. The summed E-state index contributed by atoms with van der Waals surface area (Å²) in [5.74, 6) is 0.483. The molecule has 0 aliphatic rings. The van der Waals surface area contributed by atoms with Crippen LogP contribution >= 0.6 is 23.2 Å². The van der Waals surface area contributed by atoms with E-state index in [1.54, 1.807) is 12.4 Å². The molecule has 0 N–H and O–H groups in total. The van der Waals surface area contributed by atoms with Gasteiger partial charge in [0, 0.05) is 29.4 Å². The normalized spacial score (nSPS) is 10.8. The summed E-state index contributed by atoms with van der Waals surface area (Å²) in [6, 6.07) is 9.39. The van der Waals surface area contributed by atoms with Crippen LogP contribution in [-0.4, -0.2) is 15.0 Å². The van der Waals surface area contributed by atoms with Gasteiger partial charge in [-0.2, -0.15) is 0 Å². The molecule has 1 aromatic carbocycles. The molecule has 0 bridgehead atoms. The summed E-state index contributed by atoms with van der Waals surface area (Å²) in [5.41, 5.74) is 0.817. The number of aromatic nitrogens is 3. The number of rotatable bonds is 1. The molecule has 0 unspecified atom stereocenters. The summed E-state index contributed by atoms with van der Waals surface area (Å²) >= 11 is 11.8. The van der Waals surface area contributed by atoms with E-state index >= 15 is 0 Å². The maximum Gasteiger partial charge on any atom is 0.164 e. The Labute approximate surface area is 113 Å². The van der Waals surface area contributed by atoms with Gasteiger partial charge in [-0.05, 0) is 5.39 Å². The van der Waals surface area contributed by atoms with E-state index in [4.69, 9.17) is 23.2 Å². The van der Waals surface area contributed by atoms with Crippen LogP contribution in [0.5, 0.6) is 0 Å². The molecule has 0 spiro atoms. The fourth-order valence-corrected chi connectivity index (χ4v) is 2.23. The van der Waals surface area contributed by atoms with E-state index in [0.29, 0.717) is 16.1 Å². The van der Waals surface area contributed by atoms with Gasteiger partial charge >= 0.3 is 0 Å². The molecule has 3 rings (SSSR count). The van der Waals surface area contributed by atoms with E-state index in [-0.39, 0.29) is 0 Å². The van der Waals surface area contributed by atoms with Gasteiger partial charge < -0.3 is 0 Å². The molecule has 0 aliphatic carbocycles. The number of halogens is 2. The first-order valence-corrected chi connectivity index (χ1v) is 6.03. The summed E-state index contributed by atoms with van der Waals surface area (Å²) in [6.07, 6.45) is 3.51. The quantitative estimate of drug-likeness (QED) is 0.630. The number of benzene rings is 1. The monoisotopic (exact) mass is 275 g/mol. The van der Waals surface area contributed by atoms with Crippen molar-refractivity contribution in [2.45, 2.75) is 0 Å². The number of pyridine rings is 1. The predicted octanol–water partition coefficient (Wildman–Crippen LogP) is 4.00. The first kappa shape index (κ1) is 11.4. The molecule has 88 valence electrons. The lowest BCUT2D eigenvalue weighted by Gasteiger charge is -2.05. The van der Waals surface area contributed by atoms with Gasteiger partial charge in [0.1, 0.15) is 10.3 Å². The van der Waals surface area contributed by atoms with E-state index in [9.17, 15) is 0 Å². The van der Waals surface area contributed by atoms with Gasteiger partial charge in [0.2, 0.25) is 0 Å². The third-order valence-corrected chi connectivity index (χ3v) is 2.96. The maximum absolute atomic E-state index is 5.90. The fraction of sp³-hybridized carbons (Fsp3) is 0. The van der Waals surface area contributed by atoms with Crippen LogP contribution in [0.25, 0.3) is 22.2 Å². The van der Waals surface area contributed by atoms with Crippen LogP contribution in [0.4, 0.5) is 0 Å². The highest BCUT2D eigenvalue weighted by molar-refractivity contribution is 6.33. The van der Waals surface area contributed by atoms with Crippen molar-refractivity contribution in [3.8, 4) is 11.4 Å². The molecule has 3 aromatic rings. The third kappa shape index (κ3) is 2.03. The number of fused-ring (bicyclic) bond motifs is 1. The van der Waals surface area contributed by atoms with Crippen molar-refractivity contribution in [3.05, 3.63) is 53.0 Å². The Balaban J connectivity index is 2.31. The summed E-state index contributed by atoms with van der Waals surface area (Å²) < 4.78 is 0. The average molecular weight is 276 g/mol.